The first-order valence-electron chi connectivity index (χ1n) is 10.3. The minimum atomic E-state index is -0.591. The van der Waals surface area contributed by atoms with Crippen LogP contribution in [-0.2, 0) is 22.4 Å². The quantitative estimate of drug-likeness (QED) is 0.294. The molecule has 8 heteroatoms. The Morgan fingerprint density at radius 2 is 1.70 bits per heavy atom. The maximum Gasteiger partial charge on any atom is 0.338 e. The topological polar surface area (TPSA) is 108 Å². The molecule has 1 amide bonds. The van der Waals surface area contributed by atoms with Gasteiger partial charge in [-0.25, -0.2) is 4.79 Å². The van der Waals surface area contributed by atoms with Crippen LogP contribution in [0.25, 0.3) is 0 Å². The van der Waals surface area contributed by atoms with Gasteiger partial charge >= 0.3 is 11.7 Å². The number of nitro groups is 1. The zero-order valence-corrected chi connectivity index (χ0v) is 18.4. The standard InChI is InChI=1S/C25H24N2O6/c1-17-14-22(27(30)31)23(32-2)15-21(17)26-24(28)16-33-25(29)20-11-7-6-10-19(20)13-12-18-8-4-3-5-9-18/h3-11,14-15H,12-13,16H2,1-2H3,(H,26,28). The number of nitrogens with zero attached hydrogens (tertiary/aromatic N) is 1. The van der Waals surface area contributed by atoms with Crippen molar-refractivity contribution in [1.29, 1.82) is 0 Å². The highest BCUT2D eigenvalue weighted by Gasteiger charge is 2.19. The van der Waals surface area contributed by atoms with E-state index in [1.54, 1.807) is 19.1 Å². The maximum absolute atomic E-state index is 12.6. The molecule has 0 heterocycles. The molecule has 0 atom stereocenters. The Kier molecular flexibility index (Phi) is 7.75. The van der Waals surface area contributed by atoms with Crippen molar-refractivity contribution in [2.24, 2.45) is 0 Å². The number of ether oxygens (including phenoxy) is 2. The van der Waals surface area contributed by atoms with Crippen molar-refractivity contribution in [3.05, 3.63) is 99.1 Å². The number of hydrogen-bond donors (Lipinski definition) is 1. The largest absolute Gasteiger partial charge is 0.490 e. The van der Waals surface area contributed by atoms with Crippen LogP contribution >= 0.6 is 0 Å². The van der Waals surface area contributed by atoms with Gasteiger partial charge in [-0.3, -0.25) is 14.9 Å². The van der Waals surface area contributed by atoms with E-state index in [1.807, 2.05) is 42.5 Å². The Hall–Kier alpha value is -4.20. The zero-order chi connectivity index (χ0) is 23.8. The molecule has 0 spiro atoms. The summed E-state index contributed by atoms with van der Waals surface area (Å²) in [5.41, 5.74) is 3.02. The first-order chi connectivity index (χ1) is 15.9. The molecule has 3 rings (SSSR count). The second-order valence-corrected chi connectivity index (χ2v) is 7.36. The molecule has 0 aliphatic rings. The van der Waals surface area contributed by atoms with E-state index in [1.165, 1.54) is 19.2 Å². The van der Waals surface area contributed by atoms with Gasteiger partial charge in [-0.05, 0) is 42.5 Å². The molecule has 3 aromatic rings. The minimum absolute atomic E-state index is 0.0187. The van der Waals surface area contributed by atoms with E-state index in [4.69, 9.17) is 9.47 Å². The molecule has 1 N–H and O–H groups in total. The SMILES string of the molecule is COc1cc(NC(=O)COC(=O)c2ccccc2CCc2ccccc2)c(C)cc1[N+](=O)[O-]. The number of nitro benzene ring substituents is 1. The number of rotatable bonds is 9. The summed E-state index contributed by atoms with van der Waals surface area (Å²) in [5, 5.41) is 13.7. The van der Waals surface area contributed by atoms with Crippen LogP contribution in [0.15, 0.2) is 66.7 Å². The van der Waals surface area contributed by atoms with Crippen molar-refractivity contribution in [2.75, 3.05) is 19.0 Å². The summed E-state index contributed by atoms with van der Waals surface area (Å²) in [6, 6.07) is 19.8. The van der Waals surface area contributed by atoms with E-state index in [9.17, 15) is 19.7 Å². The smallest absolute Gasteiger partial charge is 0.338 e. The van der Waals surface area contributed by atoms with E-state index < -0.39 is 23.4 Å². The molecule has 33 heavy (non-hydrogen) atoms. The first kappa shape index (κ1) is 23.5. The van der Waals surface area contributed by atoms with Crippen LogP contribution in [-0.4, -0.2) is 30.5 Å². The van der Waals surface area contributed by atoms with E-state index >= 15 is 0 Å². The number of aryl methyl sites for hydroxylation is 3. The molecule has 0 saturated heterocycles. The lowest BCUT2D eigenvalue weighted by Gasteiger charge is -2.12. The van der Waals surface area contributed by atoms with Crippen molar-refractivity contribution in [3.8, 4) is 5.75 Å². The number of benzene rings is 3. The third kappa shape index (κ3) is 6.16. The first-order valence-corrected chi connectivity index (χ1v) is 10.3. The van der Waals surface area contributed by atoms with E-state index in [0.717, 1.165) is 17.5 Å². The van der Waals surface area contributed by atoms with Crippen LogP contribution in [0.1, 0.15) is 27.0 Å². The van der Waals surface area contributed by atoms with Crippen LogP contribution in [0.5, 0.6) is 5.75 Å². The number of hydrogen-bond acceptors (Lipinski definition) is 6. The summed E-state index contributed by atoms with van der Waals surface area (Å²) in [7, 11) is 1.31. The Bertz CT molecular complexity index is 1160. The van der Waals surface area contributed by atoms with Gasteiger partial charge in [-0.1, -0.05) is 48.5 Å². The lowest BCUT2D eigenvalue weighted by molar-refractivity contribution is -0.385. The molecular formula is C25H24N2O6. The predicted octanol–water partition coefficient (Wildman–Crippen LogP) is 4.49. The molecule has 170 valence electrons. The van der Waals surface area contributed by atoms with E-state index in [-0.39, 0.29) is 11.4 Å². The molecule has 3 aromatic carbocycles. The third-order valence-electron chi connectivity index (χ3n) is 5.09. The van der Waals surface area contributed by atoms with Crippen LogP contribution in [0.3, 0.4) is 0 Å². The summed E-state index contributed by atoms with van der Waals surface area (Å²) >= 11 is 0. The normalized spacial score (nSPS) is 10.4. The van der Waals surface area contributed by atoms with Crippen molar-refractivity contribution in [2.45, 2.75) is 19.8 Å². The molecule has 0 fully saturated rings. The van der Waals surface area contributed by atoms with Crippen LogP contribution < -0.4 is 10.1 Å². The maximum atomic E-state index is 12.6. The third-order valence-corrected chi connectivity index (χ3v) is 5.09. The van der Waals surface area contributed by atoms with E-state index in [0.29, 0.717) is 23.2 Å². The Labute approximate surface area is 191 Å². The number of esters is 1. The van der Waals surface area contributed by atoms with Crippen molar-refractivity contribution in [1.82, 2.24) is 0 Å². The number of carbonyl (C=O) groups is 2. The minimum Gasteiger partial charge on any atom is -0.490 e. The number of amides is 1. The van der Waals surface area contributed by atoms with Gasteiger partial charge in [0.1, 0.15) is 0 Å². The second-order valence-electron chi connectivity index (χ2n) is 7.36. The highest BCUT2D eigenvalue weighted by atomic mass is 16.6. The average molecular weight is 448 g/mol. The molecule has 8 nitrogen and oxygen atoms in total. The summed E-state index contributed by atoms with van der Waals surface area (Å²) in [6.45, 7) is 1.13. The number of carbonyl (C=O) groups excluding carboxylic acids is 2. The molecule has 0 unspecified atom stereocenters. The molecule has 0 radical (unpaired) electrons. The molecule has 0 aromatic heterocycles. The van der Waals surface area contributed by atoms with Gasteiger partial charge in [0.15, 0.2) is 12.4 Å². The van der Waals surface area contributed by atoms with Crippen molar-refractivity contribution < 1.29 is 24.0 Å². The summed E-state index contributed by atoms with van der Waals surface area (Å²) in [5.74, 6) is -1.14. The molecule has 0 bridgehead atoms. The Morgan fingerprint density at radius 3 is 2.39 bits per heavy atom. The van der Waals surface area contributed by atoms with Crippen LogP contribution in [0.4, 0.5) is 11.4 Å². The highest BCUT2D eigenvalue weighted by molar-refractivity contribution is 5.96. The van der Waals surface area contributed by atoms with Crippen molar-refractivity contribution in [3.63, 3.8) is 0 Å². The lowest BCUT2D eigenvalue weighted by Crippen LogP contribution is -2.22. The number of anilines is 1. The molecular weight excluding hydrogens is 424 g/mol. The van der Waals surface area contributed by atoms with Gasteiger partial charge in [-0.2, -0.15) is 0 Å². The van der Waals surface area contributed by atoms with Crippen LogP contribution in [0.2, 0.25) is 0 Å². The Balaban J connectivity index is 1.62. The molecule has 0 aliphatic heterocycles. The average Bonchev–Trinajstić information content (AvgIpc) is 2.83. The van der Waals surface area contributed by atoms with Gasteiger partial charge in [0.25, 0.3) is 5.91 Å². The predicted molar refractivity (Wildman–Crippen MR) is 124 cm³/mol. The fourth-order valence-corrected chi connectivity index (χ4v) is 3.37. The Morgan fingerprint density at radius 1 is 1.00 bits per heavy atom. The van der Waals surface area contributed by atoms with E-state index in [2.05, 4.69) is 5.32 Å². The number of nitrogens with one attached hydrogen (secondary N) is 1. The fraction of sp³-hybridized carbons (Fsp3) is 0.200. The monoisotopic (exact) mass is 448 g/mol. The number of methoxy groups -OCH3 is 1. The van der Waals surface area contributed by atoms with Crippen molar-refractivity contribution >= 4 is 23.3 Å². The molecule has 0 saturated carbocycles. The summed E-state index contributed by atoms with van der Waals surface area (Å²) < 4.78 is 10.3. The van der Waals surface area contributed by atoms with Gasteiger partial charge in [0.2, 0.25) is 0 Å². The summed E-state index contributed by atoms with van der Waals surface area (Å²) in [6.07, 6.45) is 1.43. The zero-order valence-electron chi connectivity index (χ0n) is 18.4. The fourth-order valence-electron chi connectivity index (χ4n) is 3.37. The van der Waals surface area contributed by atoms with Gasteiger partial charge in [0, 0.05) is 17.8 Å². The second kappa shape index (κ2) is 10.9. The molecule has 0 aliphatic carbocycles. The van der Waals surface area contributed by atoms with Gasteiger partial charge < -0.3 is 14.8 Å². The van der Waals surface area contributed by atoms with Gasteiger partial charge in [0.05, 0.1) is 17.6 Å². The lowest BCUT2D eigenvalue weighted by atomic mass is 10.00. The van der Waals surface area contributed by atoms with Gasteiger partial charge in [-0.15, -0.1) is 0 Å². The summed E-state index contributed by atoms with van der Waals surface area (Å²) in [4.78, 5) is 35.5. The van der Waals surface area contributed by atoms with Crippen LogP contribution in [0, 0.1) is 17.0 Å². The highest BCUT2D eigenvalue weighted by Crippen LogP contribution is 2.32.